The first-order valence-electron chi connectivity index (χ1n) is 8.37. The van der Waals surface area contributed by atoms with Crippen LogP contribution in [0.15, 0.2) is 40.1 Å². The van der Waals surface area contributed by atoms with Gasteiger partial charge < -0.3 is 4.42 Å². The maximum absolute atomic E-state index is 12.0. The van der Waals surface area contributed by atoms with E-state index in [0.29, 0.717) is 22.8 Å². The second-order valence-electron chi connectivity index (χ2n) is 6.17. The van der Waals surface area contributed by atoms with Crippen molar-refractivity contribution in [1.29, 1.82) is 5.26 Å². The lowest BCUT2D eigenvalue weighted by molar-refractivity contribution is 0.0955. The van der Waals surface area contributed by atoms with Crippen molar-refractivity contribution in [1.82, 2.24) is 15.0 Å². The molecule has 3 rings (SSSR count). The van der Waals surface area contributed by atoms with Gasteiger partial charge in [-0.15, -0.1) is 0 Å². The predicted molar refractivity (Wildman–Crippen MR) is 101 cm³/mol. The fraction of sp³-hybridized carbons (Fsp3) is 0.200. The van der Waals surface area contributed by atoms with E-state index in [0.717, 1.165) is 22.5 Å². The smallest absolute Gasteiger partial charge is 0.271 e. The van der Waals surface area contributed by atoms with Gasteiger partial charge in [0.25, 0.3) is 5.91 Å². The molecule has 3 heterocycles. The van der Waals surface area contributed by atoms with Crippen LogP contribution >= 0.6 is 0 Å². The molecule has 0 aliphatic rings. The minimum absolute atomic E-state index is 0.313. The molecular weight excluding hydrogens is 342 g/mol. The second kappa shape index (κ2) is 7.30. The Bertz CT molecular complexity index is 1070. The van der Waals surface area contributed by atoms with Crippen LogP contribution in [0.25, 0.3) is 5.88 Å². The Morgan fingerprint density at radius 2 is 2.00 bits per heavy atom. The van der Waals surface area contributed by atoms with Gasteiger partial charge in [0, 0.05) is 40.5 Å². The molecule has 0 bridgehead atoms. The molecule has 0 aliphatic heterocycles. The third-order valence-corrected chi connectivity index (χ3v) is 4.46. The summed E-state index contributed by atoms with van der Waals surface area (Å²) in [7, 11) is 0. The summed E-state index contributed by atoms with van der Waals surface area (Å²) in [6.07, 6.45) is 4.67. The number of aryl methyl sites for hydroxylation is 2. The van der Waals surface area contributed by atoms with Crippen molar-refractivity contribution in [2.24, 2.45) is 5.10 Å². The van der Waals surface area contributed by atoms with E-state index in [4.69, 9.17) is 4.42 Å². The van der Waals surface area contributed by atoms with Gasteiger partial charge in [0.15, 0.2) is 0 Å². The van der Waals surface area contributed by atoms with Crippen molar-refractivity contribution in [3.63, 3.8) is 0 Å². The van der Waals surface area contributed by atoms with Crippen molar-refractivity contribution in [3.05, 3.63) is 70.0 Å². The highest BCUT2D eigenvalue weighted by Gasteiger charge is 2.20. The average molecular weight is 361 g/mol. The maximum atomic E-state index is 12.0. The SMILES string of the molecule is Cc1oc(-n2c(C)cc(/C=N/NC(=O)c3ccncc3)c2C)c(C#N)c1C. The van der Waals surface area contributed by atoms with Crippen LogP contribution in [0.5, 0.6) is 0 Å². The molecule has 7 nitrogen and oxygen atoms in total. The first-order valence-corrected chi connectivity index (χ1v) is 8.37. The fourth-order valence-corrected chi connectivity index (χ4v) is 2.86. The highest BCUT2D eigenvalue weighted by atomic mass is 16.4. The summed E-state index contributed by atoms with van der Waals surface area (Å²) in [6, 6.07) is 7.36. The van der Waals surface area contributed by atoms with E-state index in [1.165, 1.54) is 0 Å². The minimum atomic E-state index is -0.313. The van der Waals surface area contributed by atoms with E-state index >= 15 is 0 Å². The van der Waals surface area contributed by atoms with Crippen LogP contribution < -0.4 is 5.43 Å². The average Bonchev–Trinajstić information content (AvgIpc) is 3.10. The van der Waals surface area contributed by atoms with Gasteiger partial charge in [0.05, 0.1) is 6.21 Å². The van der Waals surface area contributed by atoms with E-state index in [1.807, 2.05) is 38.3 Å². The van der Waals surface area contributed by atoms with Crippen LogP contribution in [0.1, 0.15) is 44.2 Å². The summed E-state index contributed by atoms with van der Waals surface area (Å²) >= 11 is 0. The van der Waals surface area contributed by atoms with Crippen LogP contribution in [-0.4, -0.2) is 21.7 Å². The number of hydrogen-bond acceptors (Lipinski definition) is 5. The number of pyridine rings is 1. The standard InChI is InChI=1S/C20H19N5O2/c1-12-9-17(11-23-24-19(26)16-5-7-22-8-6-16)14(3)25(12)20-18(10-21)13(2)15(4)27-20/h5-9,11H,1-4H3,(H,24,26)/b23-11+. The summed E-state index contributed by atoms with van der Waals surface area (Å²) < 4.78 is 7.70. The van der Waals surface area contributed by atoms with Crippen LogP contribution in [0.4, 0.5) is 0 Å². The first kappa shape index (κ1) is 18.1. The molecule has 0 aromatic carbocycles. The molecule has 1 amide bonds. The molecule has 0 spiro atoms. The summed E-state index contributed by atoms with van der Waals surface area (Å²) in [4.78, 5) is 15.9. The summed E-state index contributed by atoms with van der Waals surface area (Å²) in [5.41, 5.74) is 6.91. The predicted octanol–water partition coefficient (Wildman–Crippen LogP) is 3.33. The third-order valence-electron chi connectivity index (χ3n) is 4.46. The fourth-order valence-electron chi connectivity index (χ4n) is 2.86. The number of carbonyl (C=O) groups is 1. The van der Waals surface area contributed by atoms with Gasteiger partial charge in [0.2, 0.25) is 5.88 Å². The van der Waals surface area contributed by atoms with Gasteiger partial charge >= 0.3 is 0 Å². The molecule has 1 N–H and O–H groups in total. The molecule has 0 fully saturated rings. The normalized spacial score (nSPS) is 10.9. The largest absolute Gasteiger partial charge is 0.443 e. The van der Waals surface area contributed by atoms with Crippen molar-refractivity contribution in [3.8, 4) is 12.0 Å². The van der Waals surface area contributed by atoms with Gasteiger partial charge in [-0.3, -0.25) is 14.3 Å². The first-order chi connectivity index (χ1) is 12.9. The quantitative estimate of drug-likeness (QED) is 0.569. The zero-order valence-corrected chi connectivity index (χ0v) is 15.6. The zero-order valence-electron chi connectivity index (χ0n) is 15.6. The molecule has 7 heteroatoms. The Labute approximate surface area is 157 Å². The molecule has 0 saturated heterocycles. The molecule has 0 aliphatic carbocycles. The van der Waals surface area contributed by atoms with E-state index in [9.17, 15) is 10.1 Å². The second-order valence-corrected chi connectivity index (χ2v) is 6.17. The van der Waals surface area contributed by atoms with Gasteiger partial charge in [0.1, 0.15) is 17.4 Å². The number of hydrazone groups is 1. The minimum Gasteiger partial charge on any atom is -0.443 e. The number of nitrogens with one attached hydrogen (secondary N) is 1. The van der Waals surface area contributed by atoms with Crippen LogP contribution in [-0.2, 0) is 0 Å². The highest BCUT2D eigenvalue weighted by Crippen LogP contribution is 2.28. The number of carbonyl (C=O) groups excluding carboxylic acids is 1. The molecule has 3 aromatic rings. The molecule has 27 heavy (non-hydrogen) atoms. The molecule has 136 valence electrons. The Kier molecular flexibility index (Phi) is 4.90. The van der Waals surface area contributed by atoms with Crippen molar-refractivity contribution < 1.29 is 9.21 Å². The summed E-state index contributed by atoms with van der Waals surface area (Å²) in [5, 5.41) is 13.5. The number of nitrogens with zero attached hydrogens (tertiary/aromatic N) is 4. The Morgan fingerprint density at radius 3 is 2.67 bits per heavy atom. The summed E-state index contributed by atoms with van der Waals surface area (Å²) in [5.74, 6) is 0.906. The molecule has 3 aromatic heterocycles. The Balaban J connectivity index is 1.88. The van der Waals surface area contributed by atoms with E-state index in [2.05, 4.69) is 21.6 Å². The Hall–Kier alpha value is -3.66. The number of aromatic nitrogens is 2. The Morgan fingerprint density at radius 1 is 1.30 bits per heavy atom. The summed E-state index contributed by atoms with van der Waals surface area (Å²) in [6.45, 7) is 7.54. The van der Waals surface area contributed by atoms with Gasteiger partial charge in [-0.2, -0.15) is 10.4 Å². The maximum Gasteiger partial charge on any atom is 0.271 e. The van der Waals surface area contributed by atoms with E-state index in [1.54, 1.807) is 30.7 Å². The van der Waals surface area contributed by atoms with Crippen LogP contribution in [0.2, 0.25) is 0 Å². The number of furan rings is 1. The van der Waals surface area contributed by atoms with Gasteiger partial charge in [-0.05, 0) is 45.9 Å². The lowest BCUT2D eigenvalue weighted by Gasteiger charge is -2.06. The molecule has 0 radical (unpaired) electrons. The molecule has 0 atom stereocenters. The van der Waals surface area contributed by atoms with Crippen molar-refractivity contribution >= 4 is 12.1 Å². The lowest BCUT2D eigenvalue weighted by atomic mass is 10.2. The van der Waals surface area contributed by atoms with Gasteiger partial charge in [-0.25, -0.2) is 5.43 Å². The topological polar surface area (TPSA) is 96.2 Å². The highest BCUT2D eigenvalue weighted by molar-refractivity contribution is 5.94. The van der Waals surface area contributed by atoms with Crippen molar-refractivity contribution in [2.45, 2.75) is 27.7 Å². The monoisotopic (exact) mass is 361 g/mol. The van der Waals surface area contributed by atoms with E-state index < -0.39 is 0 Å². The van der Waals surface area contributed by atoms with Crippen molar-refractivity contribution in [2.75, 3.05) is 0 Å². The molecular formula is C20H19N5O2. The third kappa shape index (κ3) is 3.37. The molecule has 0 saturated carbocycles. The zero-order chi connectivity index (χ0) is 19.6. The van der Waals surface area contributed by atoms with Crippen LogP contribution in [0.3, 0.4) is 0 Å². The molecule has 0 unspecified atom stereocenters. The number of amides is 1. The van der Waals surface area contributed by atoms with Crippen LogP contribution in [0, 0.1) is 39.0 Å². The number of nitriles is 1. The lowest BCUT2D eigenvalue weighted by Crippen LogP contribution is -2.17. The van der Waals surface area contributed by atoms with E-state index in [-0.39, 0.29) is 5.91 Å². The van der Waals surface area contributed by atoms with Gasteiger partial charge in [-0.1, -0.05) is 0 Å². The number of hydrogen-bond donors (Lipinski definition) is 1. The number of rotatable bonds is 4.